The Morgan fingerprint density at radius 1 is 0.755 bits per heavy atom. The first-order chi connectivity index (χ1) is 30.4. The summed E-state index contributed by atoms with van der Waals surface area (Å²) in [7, 11) is 0. The number of nitrogens with zero attached hydrogens (tertiary/aromatic N) is 3. The van der Waals surface area contributed by atoms with Crippen molar-refractivity contribution in [2.75, 3.05) is 0 Å². The molecule has 4 aromatic heterocycles. The van der Waals surface area contributed by atoms with Crippen molar-refractivity contribution < 1.29 is 43.7 Å². The average Bonchev–Trinajstić information content (AvgIpc) is 3.63. The van der Waals surface area contributed by atoms with Gasteiger partial charge in [0.05, 0.1) is 5.58 Å². The zero-order valence-corrected chi connectivity index (χ0v) is 33.1. The Bertz CT molecular complexity index is 2850. The van der Waals surface area contributed by atoms with Gasteiger partial charge in [0, 0.05) is 62.8 Å². The molecule has 0 atom stereocenters. The minimum absolute atomic E-state index is 0. The molecule has 0 aliphatic rings. The van der Waals surface area contributed by atoms with Crippen molar-refractivity contribution in [2.45, 2.75) is 93.6 Å². The maximum Gasteiger partial charge on any atom is 0.216 e. The number of fused-ring (bicyclic) bond motifs is 3. The van der Waals surface area contributed by atoms with Crippen molar-refractivity contribution in [1.29, 1.82) is 0 Å². The molecule has 0 saturated carbocycles. The molecule has 0 amide bonds. The Hall–Kier alpha value is -4.44. The van der Waals surface area contributed by atoms with Gasteiger partial charge in [-0.25, -0.2) is 4.98 Å². The van der Waals surface area contributed by atoms with Crippen molar-refractivity contribution in [3.05, 3.63) is 137 Å². The predicted octanol–water partition coefficient (Wildman–Crippen LogP) is 13.0. The van der Waals surface area contributed by atoms with E-state index in [0.29, 0.717) is 44.4 Å². The van der Waals surface area contributed by atoms with E-state index in [-0.39, 0.29) is 64.7 Å². The molecule has 0 aliphatic carbocycles. The number of hydrogen-bond donors (Lipinski definition) is 0. The van der Waals surface area contributed by atoms with Crippen LogP contribution < -0.4 is 0 Å². The standard InChI is InChI=1S/C31H31N2O.C17H20N.Ir/c1-7-31(6,8-2)22-13-15-23(19(3)16-22)27-17-28(32-18-20(27)4)26-11-9-10-24-25-14-12-21(5)33-30(25)34-29(24)26;1-13-5-8-15(9-6-13)16-10-7-14(12-18-16)11-17(2,3)4;/h9-10,12-18H,7-8H2,1-6H3;5-8,10,12H,11H2,1-4H3;/q2*-1;/i3D3,4D3,5D3;1D3,11D2;. The van der Waals surface area contributed by atoms with E-state index in [4.69, 9.17) is 23.6 Å². The first kappa shape index (κ1) is 24.8. The van der Waals surface area contributed by atoms with E-state index in [0.717, 1.165) is 18.4 Å². The molecular weight excluding hydrogens is 827 g/mol. The summed E-state index contributed by atoms with van der Waals surface area (Å²) in [5.74, 6) is 0. The third kappa shape index (κ3) is 8.86. The minimum Gasteiger partial charge on any atom is -0.486 e. The van der Waals surface area contributed by atoms with Crippen LogP contribution in [0.4, 0.5) is 0 Å². The predicted molar refractivity (Wildman–Crippen MR) is 218 cm³/mol. The van der Waals surface area contributed by atoms with Crippen molar-refractivity contribution in [3.63, 3.8) is 0 Å². The van der Waals surface area contributed by atoms with Crippen LogP contribution >= 0.6 is 0 Å². The normalized spacial score (nSPS) is 16.8. The molecule has 7 rings (SSSR count). The van der Waals surface area contributed by atoms with Crippen LogP contribution in [0.3, 0.4) is 0 Å². The van der Waals surface area contributed by atoms with Gasteiger partial charge in [-0.1, -0.05) is 95.7 Å². The summed E-state index contributed by atoms with van der Waals surface area (Å²) in [4.78, 5) is 13.0. The number of furan rings is 1. The molecular formula is C48H51IrN3O-2. The van der Waals surface area contributed by atoms with Gasteiger partial charge in [-0.3, -0.25) is 0 Å². The molecule has 3 aromatic carbocycles. The van der Waals surface area contributed by atoms with Crippen LogP contribution in [0.1, 0.15) is 107 Å². The monoisotopic (exact) mass is 892 g/mol. The summed E-state index contributed by atoms with van der Waals surface area (Å²) in [5, 5.41) is 1.26. The second kappa shape index (κ2) is 16.3. The van der Waals surface area contributed by atoms with E-state index in [9.17, 15) is 0 Å². The molecule has 275 valence electrons. The summed E-state index contributed by atoms with van der Waals surface area (Å²) in [6, 6.07) is 27.5. The fourth-order valence-corrected chi connectivity index (χ4v) is 6.08. The Kier molecular flexibility index (Phi) is 7.62. The molecule has 53 heavy (non-hydrogen) atoms. The maximum atomic E-state index is 8.36. The number of aromatic nitrogens is 3. The van der Waals surface area contributed by atoms with Gasteiger partial charge in [0.1, 0.15) is 0 Å². The molecule has 4 heterocycles. The van der Waals surface area contributed by atoms with Crippen molar-refractivity contribution in [2.24, 2.45) is 5.41 Å². The molecule has 4 nitrogen and oxygen atoms in total. The van der Waals surface area contributed by atoms with Crippen LogP contribution in [-0.4, -0.2) is 15.0 Å². The second-order valence-corrected chi connectivity index (χ2v) is 14.2. The van der Waals surface area contributed by atoms with Crippen molar-refractivity contribution in [1.82, 2.24) is 15.0 Å². The van der Waals surface area contributed by atoms with E-state index >= 15 is 0 Å². The first-order valence-electron chi connectivity index (χ1n) is 24.3. The van der Waals surface area contributed by atoms with Crippen molar-refractivity contribution in [3.8, 4) is 33.6 Å². The van der Waals surface area contributed by atoms with E-state index in [1.165, 1.54) is 24.5 Å². The van der Waals surface area contributed by atoms with Gasteiger partial charge >= 0.3 is 0 Å². The number of rotatable bonds is 7. The van der Waals surface area contributed by atoms with Gasteiger partial charge in [-0.15, -0.1) is 53.6 Å². The van der Waals surface area contributed by atoms with E-state index in [2.05, 4.69) is 47.9 Å². The molecule has 0 aliphatic heterocycles. The largest absolute Gasteiger partial charge is 0.486 e. The Balaban J connectivity index is 0.000000296. The summed E-state index contributed by atoms with van der Waals surface area (Å²) < 4.78 is 117. The topological polar surface area (TPSA) is 51.8 Å². The van der Waals surface area contributed by atoms with E-state index in [1.54, 1.807) is 60.7 Å². The number of hydrogen-bond acceptors (Lipinski definition) is 4. The van der Waals surface area contributed by atoms with Crippen LogP contribution in [0.2, 0.25) is 0 Å². The average molecular weight is 892 g/mol. The van der Waals surface area contributed by atoms with Gasteiger partial charge in [0.2, 0.25) is 5.71 Å². The molecule has 0 spiro atoms. The summed E-state index contributed by atoms with van der Waals surface area (Å²) in [6.07, 6.45) is 2.91. The summed E-state index contributed by atoms with van der Waals surface area (Å²) in [6.45, 7) is 2.11. The SMILES string of the molecule is [2H]C([2H])([2H])c1c[c-]c(-c2ccc(C([2H])([2H])C(C)(C)C)cn2)cc1.[2H]C([2H])([2H])c1ccc2c(n1)oc1c(-c3cc(-c4ccc(C(C)(CC)CC)cc4C([2H])([2H])[2H])c(C([2H])([2H])[2H])cn3)[c-]ccc12.[Ir]. The third-order valence-corrected chi connectivity index (χ3v) is 9.40. The molecule has 0 unspecified atom stereocenters. The van der Waals surface area contributed by atoms with Gasteiger partial charge < -0.3 is 14.4 Å². The molecule has 7 aromatic rings. The molecule has 0 N–H and O–H groups in total. The zero-order valence-electron chi connectivity index (χ0n) is 44.7. The quantitative estimate of drug-likeness (QED) is 0.150. The first-order valence-corrected chi connectivity index (χ1v) is 17.3. The molecule has 1 radical (unpaired) electrons. The Labute approximate surface area is 349 Å². The summed E-state index contributed by atoms with van der Waals surface area (Å²) in [5.41, 5.74) is 3.77. The van der Waals surface area contributed by atoms with Crippen LogP contribution in [-0.2, 0) is 31.9 Å². The maximum absolute atomic E-state index is 8.36. The van der Waals surface area contributed by atoms with Crippen LogP contribution in [0, 0.1) is 45.0 Å². The van der Waals surface area contributed by atoms with E-state index in [1.807, 2.05) is 26.8 Å². The van der Waals surface area contributed by atoms with Gasteiger partial charge in [-0.05, 0) is 108 Å². The fraction of sp³-hybridized carbons (Fsp3) is 0.312. The molecule has 0 bridgehead atoms. The van der Waals surface area contributed by atoms with Crippen molar-refractivity contribution >= 4 is 22.1 Å². The van der Waals surface area contributed by atoms with E-state index < -0.39 is 39.2 Å². The van der Waals surface area contributed by atoms with Crippen LogP contribution in [0.15, 0.2) is 95.7 Å². The second-order valence-electron chi connectivity index (χ2n) is 14.2. The number of benzene rings is 3. The third-order valence-electron chi connectivity index (χ3n) is 9.40. The molecule has 0 fully saturated rings. The minimum atomic E-state index is -2.57. The number of aryl methyl sites for hydroxylation is 4. The van der Waals surface area contributed by atoms with Crippen LogP contribution in [0.25, 0.3) is 55.7 Å². The Morgan fingerprint density at radius 2 is 1.57 bits per heavy atom. The zero-order chi connectivity index (χ0) is 49.0. The van der Waals surface area contributed by atoms with Crippen LogP contribution in [0.5, 0.6) is 0 Å². The number of pyridine rings is 3. The van der Waals surface area contributed by atoms with Gasteiger partial charge in [0.25, 0.3) is 0 Å². The summed E-state index contributed by atoms with van der Waals surface area (Å²) >= 11 is 0. The van der Waals surface area contributed by atoms with Gasteiger partial charge in [0.15, 0.2) is 0 Å². The molecule has 5 heteroatoms. The fourth-order valence-electron chi connectivity index (χ4n) is 6.08. The Morgan fingerprint density at radius 3 is 2.23 bits per heavy atom. The van der Waals surface area contributed by atoms with Gasteiger partial charge in [-0.2, -0.15) is 0 Å². The smallest absolute Gasteiger partial charge is 0.216 e. The molecule has 0 saturated heterocycles.